The third-order valence-corrected chi connectivity index (χ3v) is 3.93. The molecule has 0 bridgehead atoms. The molecule has 4 nitrogen and oxygen atoms in total. The van der Waals surface area contributed by atoms with Crippen LogP contribution in [0.4, 0.5) is 5.69 Å². The van der Waals surface area contributed by atoms with Crippen molar-refractivity contribution in [1.82, 2.24) is 4.98 Å². The molecule has 5 heteroatoms. The van der Waals surface area contributed by atoms with Gasteiger partial charge in [-0.1, -0.05) is 35.9 Å². The van der Waals surface area contributed by atoms with Crippen LogP contribution in [0, 0.1) is 6.92 Å². The van der Waals surface area contributed by atoms with Crippen molar-refractivity contribution in [3.05, 3.63) is 65.3 Å². The number of hydrogen-bond acceptors (Lipinski definition) is 3. The van der Waals surface area contributed by atoms with Crippen LogP contribution in [0.1, 0.15) is 12.5 Å². The number of aryl methyl sites for hydroxylation is 1. The topological polar surface area (TPSA) is 51.2 Å². The Bertz CT molecular complexity index is 895. The average Bonchev–Trinajstić information content (AvgIpc) is 2.58. The fourth-order valence-electron chi connectivity index (χ4n) is 2.33. The first kappa shape index (κ1) is 16.3. The Morgan fingerprint density at radius 2 is 2.00 bits per heavy atom. The summed E-state index contributed by atoms with van der Waals surface area (Å²) >= 11 is 6.10. The highest BCUT2D eigenvalue weighted by molar-refractivity contribution is 6.32. The quantitative estimate of drug-likeness (QED) is 0.755. The van der Waals surface area contributed by atoms with E-state index in [0.29, 0.717) is 16.5 Å². The van der Waals surface area contributed by atoms with E-state index in [-0.39, 0.29) is 5.91 Å². The number of aromatic nitrogens is 1. The van der Waals surface area contributed by atoms with Crippen LogP contribution in [-0.4, -0.2) is 17.0 Å². The lowest BCUT2D eigenvalue weighted by Gasteiger charge is -2.16. The highest BCUT2D eigenvalue weighted by Crippen LogP contribution is 2.26. The molecule has 0 unspecified atom stereocenters. The number of anilines is 1. The van der Waals surface area contributed by atoms with E-state index >= 15 is 0 Å². The summed E-state index contributed by atoms with van der Waals surface area (Å²) in [6.45, 7) is 3.62. The van der Waals surface area contributed by atoms with Gasteiger partial charge in [0.2, 0.25) is 0 Å². The number of hydrogen-bond donors (Lipinski definition) is 1. The third kappa shape index (κ3) is 3.66. The fourth-order valence-corrected chi connectivity index (χ4v) is 2.49. The summed E-state index contributed by atoms with van der Waals surface area (Å²) in [6.07, 6.45) is 0.947. The molecule has 1 heterocycles. The number of para-hydroxylation sites is 1. The molecular formula is C19H17ClN2O2. The van der Waals surface area contributed by atoms with Gasteiger partial charge in [0.25, 0.3) is 5.91 Å². The number of nitrogens with one attached hydrogen (secondary N) is 1. The summed E-state index contributed by atoms with van der Waals surface area (Å²) in [7, 11) is 0. The lowest BCUT2D eigenvalue weighted by molar-refractivity contribution is -0.122. The molecule has 0 aliphatic heterocycles. The number of nitrogens with zero attached hydrogens (tertiary/aromatic N) is 1. The molecular weight excluding hydrogens is 324 g/mol. The van der Waals surface area contributed by atoms with Gasteiger partial charge >= 0.3 is 0 Å². The Labute approximate surface area is 145 Å². The molecule has 1 atom stereocenters. The highest BCUT2D eigenvalue weighted by atomic mass is 35.5. The number of carbonyl (C=O) groups is 1. The van der Waals surface area contributed by atoms with Crippen molar-refractivity contribution in [3.63, 3.8) is 0 Å². The average molecular weight is 341 g/mol. The Balaban J connectivity index is 1.72. The van der Waals surface area contributed by atoms with Gasteiger partial charge in [-0.3, -0.25) is 9.78 Å². The maximum absolute atomic E-state index is 12.3. The Morgan fingerprint density at radius 1 is 1.21 bits per heavy atom. The number of benzene rings is 2. The van der Waals surface area contributed by atoms with E-state index < -0.39 is 6.10 Å². The lowest BCUT2D eigenvalue weighted by atomic mass is 10.2. The van der Waals surface area contributed by atoms with E-state index in [4.69, 9.17) is 16.3 Å². The predicted molar refractivity (Wildman–Crippen MR) is 96.7 cm³/mol. The van der Waals surface area contributed by atoms with E-state index in [2.05, 4.69) is 10.3 Å². The molecule has 1 aromatic heterocycles. The fraction of sp³-hybridized carbons (Fsp3) is 0.158. The van der Waals surface area contributed by atoms with E-state index in [0.717, 1.165) is 16.5 Å². The normalized spacial score (nSPS) is 12.0. The molecule has 0 saturated carbocycles. The summed E-state index contributed by atoms with van der Waals surface area (Å²) in [6, 6.07) is 15.1. The van der Waals surface area contributed by atoms with Crippen LogP contribution >= 0.6 is 11.6 Å². The van der Waals surface area contributed by atoms with Gasteiger partial charge < -0.3 is 10.1 Å². The summed E-state index contributed by atoms with van der Waals surface area (Å²) in [5.74, 6) is 0.237. The minimum Gasteiger partial charge on any atom is -0.479 e. The molecule has 0 aliphatic carbocycles. The standard InChI is InChI=1S/C19H17ClN2O2/c1-12-7-8-16(20)18(9-12)24-13(2)19(23)22-15-10-14-5-3-4-6-17(14)21-11-15/h3-11,13H,1-2H3,(H,22,23)/t13-/m0/s1. The zero-order valence-corrected chi connectivity index (χ0v) is 14.2. The number of halogens is 1. The SMILES string of the molecule is Cc1ccc(Cl)c(O[C@@H](C)C(=O)Nc2cnc3ccccc3c2)c1. The molecule has 3 rings (SSSR count). The number of carbonyl (C=O) groups excluding carboxylic acids is 1. The molecule has 2 aromatic carbocycles. The Kier molecular flexibility index (Phi) is 4.67. The molecule has 1 N–H and O–H groups in total. The number of ether oxygens (including phenoxy) is 1. The van der Waals surface area contributed by atoms with E-state index in [1.807, 2.05) is 49.4 Å². The minimum absolute atomic E-state index is 0.260. The van der Waals surface area contributed by atoms with Gasteiger partial charge in [0.05, 0.1) is 22.4 Å². The van der Waals surface area contributed by atoms with Crippen LogP contribution in [0.3, 0.4) is 0 Å². The number of rotatable bonds is 4. The molecule has 0 radical (unpaired) electrons. The maximum atomic E-state index is 12.3. The van der Waals surface area contributed by atoms with Crippen molar-refractivity contribution < 1.29 is 9.53 Å². The van der Waals surface area contributed by atoms with Crippen molar-refractivity contribution in [3.8, 4) is 5.75 Å². The van der Waals surface area contributed by atoms with Crippen molar-refractivity contribution in [1.29, 1.82) is 0 Å². The van der Waals surface area contributed by atoms with Crippen LogP contribution in [-0.2, 0) is 4.79 Å². The summed E-state index contributed by atoms with van der Waals surface area (Å²) in [5, 5.41) is 4.26. The van der Waals surface area contributed by atoms with E-state index in [1.165, 1.54) is 0 Å². The minimum atomic E-state index is -0.684. The smallest absolute Gasteiger partial charge is 0.265 e. The number of pyridine rings is 1. The van der Waals surface area contributed by atoms with Crippen LogP contribution in [0.25, 0.3) is 10.9 Å². The van der Waals surface area contributed by atoms with Crippen LogP contribution in [0.2, 0.25) is 5.02 Å². The first-order chi connectivity index (χ1) is 11.5. The lowest BCUT2D eigenvalue weighted by Crippen LogP contribution is -2.30. The summed E-state index contributed by atoms with van der Waals surface area (Å²) in [5.41, 5.74) is 2.52. The van der Waals surface area contributed by atoms with Gasteiger partial charge in [0.1, 0.15) is 5.75 Å². The molecule has 1 amide bonds. The maximum Gasteiger partial charge on any atom is 0.265 e. The van der Waals surface area contributed by atoms with E-state index in [1.54, 1.807) is 19.2 Å². The third-order valence-electron chi connectivity index (χ3n) is 3.62. The Hall–Kier alpha value is -2.59. The van der Waals surface area contributed by atoms with Crippen LogP contribution in [0.5, 0.6) is 5.75 Å². The monoisotopic (exact) mass is 340 g/mol. The van der Waals surface area contributed by atoms with Gasteiger partial charge in [0, 0.05) is 5.39 Å². The first-order valence-corrected chi connectivity index (χ1v) is 7.99. The van der Waals surface area contributed by atoms with Crippen molar-refractivity contribution >= 4 is 34.1 Å². The molecule has 122 valence electrons. The van der Waals surface area contributed by atoms with Crippen molar-refractivity contribution in [2.75, 3.05) is 5.32 Å². The number of amides is 1. The molecule has 0 spiro atoms. The second-order valence-corrected chi connectivity index (χ2v) is 6.01. The second-order valence-electron chi connectivity index (χ2n) is 5.60. The van der Waals surface area contributed by atoms with Crippen LogP contribution < -0.4 is 10.1 Å². The molecule has 0 fully saturated rings. The van der Waals surface area contributed by atoms with Crippen LogP contribution in [0.15, 0.2) is 54.7 Å². The highest BCUT2D eigenvalue weighted by Gasteiger charge is 2.16. The van der Waals surface area contributed by atoms with Gasteiger partial charge in [-0.05, 0) is 43.7 Å². The first-order valence-electron chi connectivity index (χ1n) is 7.61. The zero-order chi connectivity index (χ0) is 17.1. The molecule has 3 aromatic rings. The van der Waals surface area contributed by atoms with E-state index in [9.17, 15) is 4.79 Å². The van der Waals surface area contributed by atoms with Gasteiger partial charge in [-0.25, -0.2) is 0 Å². The molecule has 0 saturated heterocycles. The zero-order valence-electron chi connectivity index (χ0n) is 13.4. The molecule has 0 aliphatic rings. The predicted octanol–water partition coefficient (Wildman–Crippen LogP) is 4.60. The van der Waals surface area contributed by atoms with Gasteiger partial charge in [-0.2, -0.15) is 0 Å². The van der Waals surface area contributed by atoms with Gasteiger partial charge in [-0.15, -0.1) is 0 Å². The largest absolute Gasteiger partial charge is 0.479 e. The Morgan fingerprint density at radius 3 is 2.83 bits per heavy atom. The molecule has 24 heavy (non-hydrogen) atoms. The van der Waals surface area contributed by atoms with Gasteiger partial charge in [0.15, 0.2) is 6.10 Å². The number of fused-ring (bicyclic) bond motifs is 1. The summed E-state index contributed by atoms with van der Waals surface area (Å²) < 4.78 is 5.68. The van der Waals surface area contributed by atoms with Crippen molar-refractivity contribution in [2.24, 2.45) is 0 Å². The van der Waals surface area contributed by atoms with Crippen molar-refractivity contribution in [2.45, 2.75) is 20.0 Å². The second kappa shape index (κ2) is 6.89. The summed E-state index contributed by atoms with van der Waals surface area (Å²) in [4.78, 5) is 16.7.